The fraction of sp³-hybridized carbons (Fsp3) is 0.533. The highest BCUT2D eigenvalue weighted by Crippen LogP contribution is 2.57. The lowest BCUT2D eigenvalue weighted by Gasteiger charge is -2.54. The second-order valence-electron chi connectivity index (χ2n) is 11.4. The van der Waals surface area contributed by atoms with Crippen LogP contribution in [-0.2, 0) is 21.4 Å². The van der Waals surface area contributed by atoms with E-state index in [1.807, 2.05) is 0 Å². The van der Waals surface area contributed by atoms with Crippen LogP contribution in [0.3, 0.4) is 0 Å². The van der Waals surface area contributed by atoms with Gasteiger partial charge in [-0.05, 0) is 78.7 Å². The molecule has 1 aromatic heterocycles. The number of alkyl halides is 2. The highest BCUT2D eigenvalue weighted by molar-refractivity contribution is 7.99. The maximum Gasteiger partial charge on any atom is 0.387 e. The Hall–Kier alpha value is -2.61. The standard InChI is InChI=1S/C30H36F2N2O3S/c1-18(2)19-6-9-22-20(16-19)7-11-25-29(22,3)12-5-13-30(25,4)26(35)36-14-15-38-28-33-23-10-8-21(37-27(31)32)17-24(23)34-28/h6,8-10,16-18,25,27H,5,7,11-15H2,1-4H3,(H,33,34)/t25-,29-,30-/m1/s1. The Labute approximate surface area is 227 Å². The molecule has 2 aliphatic carbocycles. The highest BCUT2D eigenvalue weighted by Gasteiger charge is 2.55. The smallest absolute Gasteiger partial charge is 0.387 e. The van der Waals surface area contributed by atoms with Crippen LogP contribution in [-0.4, -0.2) is 34.9 Å². The average Bonchev–Trinajstić information content (AvgIpc) is 3.27. The van der Waals surface area contributed by atoms with Gasteiger partial charge in [0.1, 0.15) is 12.4 Å². The zero-order chi connectivity index (χ0) is 27.1. The van der Waals surface area contributed by atoms with E-state index in [4.69, 9.17) is 4.74 Å². The molecule has 0 bridgehead atoms. The lowest BCUT2D eigenvalue weighted by atomic mass is 9.49. The molecular formula is C30H36F2N2O3S. The van der Waals surface area contributed by atoms with E-state index < -0.39 is 12.0 Å². The number of esters is 1. The molecule has 0 radical (unpaired) electrons. The summed E-state index contributed by atoms with van der Waals surface area (Å²) in [6.07, 6.45) is 4.97. The number of nitrogens with zero attached hydrogens (tertiary/aromatic N) is 1. The zero-order valence-corrected chi connectivity index (χ0v) is 23.3. The topological polar surface area (TPSA) is 64.2 Å². The molecule has 0 spiro atoms. The third-order valence-electron chi connectivity index (χ3n) is 8.72. The lowest BCUT2D eigenvalue weighted by Crippen LogP contribution is -2.53. The van der Waals surface area contributed by atoms with Crippen molar-refractivity contribution < 1.29 is 23.0 Å². The van der Waals surface area contributed by atoms with Gasteiger partial charge in [0.05, 0.1) is 16.4 Å². The summed E-state index contributed by atoms with van der Waals surface area (Å²) in [6, 6.07) is 11.6. The monoisotopic (exact) mass is 542 g/mol. The molecule has 0 unspecified atom stereocenters. The van der Waals surface area contributed by atoms with Crippen LogP contribution in [0, 0.1) is 11.3 Å². The molecule has 38 heavy (non-hydrogen) atoms. The summed E-state index contributed by atoms with van der Waals surface area (Å²) in [5, 5.41) is 0.645. The molecular weight excluding hydrogens is 506 g/mol. The van der Waals surface area contributed by atoms with Crippen LogP contribution in [0.15, 0.2) is 41.6 Å². The third kappa shape index (κ3) is 5.04. The van der Waals surface area contributed by atoms with Gasteiger partial charge >= 0.3 is 12.6 Å². The number of carbonyl (C=O) groups excluding carboxylic acids is 1. The fourth-order valence-electron chi connectivity index (χ4n) is 6.76. The molecule has 204 valence electrons. The summed E-state index contributed by atoms with van der Waals surface area (Å²) in [5.41, 5.74) is 5.00. The number of aromatic nitrogens is 2. The van der Waals surface area contributed by atoms with E-state index in [9.17, 15) is 13.6 Å². The number of imidazole rings is 1. The number of rotatable bonds is 8. The first-order valence-corrected chi connectivity index (χ1v) is 14.5. The largest absolute Gasteiger partial charge is 0.464 e. The average molecular weight is 543 g/mol. The minimum absolute atomic E-state index is 0.0228. The van der Waals surface area contributed by atoms with Crippen LogP contribution < -0.4 is 4.74 Å². The molecule has 0 amide bonds. The van der Waals surface area contributed by atoms with Crippen molar-refractivity contribution in [1.82, 2.24) is 9.97 Å². The van der Waals surface area contributed by atoms with Crippen LogP contribution in [0.5, 0.6) is 5.75 Å². The second kappa shape index (κ2) is 10.5. The van der Waals surface area contributed by atoms with Crippen molar-refractivity contribution >= 4 is 28.8 Å². The maximum absolute atomic E-state index is 13.5. The van der Waals surface area contributed by atoms with Gasteiger partial charge in [0.25, 0.3) is 0 Å². The van der Waals surface area contributed by atoms with Gasteiger partial charge in [0, 0.05) is 11.8 Å². The molecule has 8 heteroatoms. The lowest BCUT2D eigenvalue weighted by molar-refractivity contribution is -0.163. The third-order valence-corrected chi connectivity index (χ3v) is 9.56. The van der Waals surface area contributed by atoms with Gasteiger partial charge in [-0.2, -0.15) is 8.78 Å². The predicted octanol–water partition coefficient (Wildman–Crippen LogP) is 7.63. The van der Waals surface area contributed by atoms with Crippen LogP contribution in [0.2, 0.25) is 0 Å². The summed E-state index contributed by atoms with van der Waals surface area (Å²) in [7, 11) is 0. The SMILES string of the molecule is CC(C)c1ccc2c(c1)CC[C@H]1[C@](C)(C(=O)OCCSc3nc4ccc(OC(F)F)cc4[nH]3)CCC[C@]21C. The molecule has 2 aromatic carbocycles. The number of H-pyrrole nitrogens is 1. The molecule has 0 saturated heterocycles. The molecule has 2 aliphatic rings. The first-order valence-electron chi connectivity index (χ1n) is 13.5. The molecule has 5 rings (SSSR count). The van der Waals surface area contributed by atoms with E-state index >= 15 is 0 Å². The van der Waals surface area contributed by atoms with Crippen LogP contribution in [0.1, 0.15) is 76.0 Å². The number of aromatic amines is 1. The molecule has 1 saturated carbocycles. The van der Waals surface area contributed by atoms with Crippen LogP contribution in [0.25, 0.3) is 11.0 Å². The number of halogens is 2. The van der Waals surface area contributed by atoms with Gasteiger partial charge in [-0.1, -0.05) is 57.2 Å². The number of carbonyl (C=O) groups is 1. The number of benzene rings is 2. The zero-order valence-electron chi connectivity index (χ0n) is 22.5. The van der Waals surface area contributed by atoms with Gasteiger partial charge in [-0.15, -0.1) is 0 Å². The van der Waals surface area contributed by atoms with Crippen molar-refractivity contribution in [1.29, 1.82) is 0 Å². The Kier molecular flexibility index (Phi) is 7.46. The van der Waals surface area contributed by atoms with Gasteiger partial charge in [-0.25, -0.2) is 4.98 Å². The van der Waals surface area contributed by atoms with Crippen molar-refractivity contribution in [3.8, 4) is 5.75 Å². The Balaban J connectivity index is 1.22. The van der Waals surface area contributed by atoms with Crippen molar-refractivity contribution in [3.05, 3.63) is 53.1 Å². The predicted molar refractivity (Wildman–Crippen MR) is 146 cm³/mol. The van der Waals surface area contributed by atoms with E-state index in [0.717, 1.165) is 32.1 Å². The van der Waals surface area contributed by atoms with Crippen molar-refractivity contribution in [3.63, 3.8) is 0 Å². The normalized spacial score (nSPS) is 24.9. The number of aryl methyl sites for hydroxylation is 1. The van der Waals surface area contributed by atoms with E-state index in [1.54, 1.807) is 6.07 Å². The van der Waals surface area contributed by atoms with E-state index in [2.05, 4.69) is 60.6 Å². The minimum atomic E-state index is -2.87. The Morgan fingerprint density at radius 3 is 2.76 bits per heavy atom. The molecule has 1 heterocycles. The minimum Gasteiger partial charge on any atom is -0.464 e. The summed E-state index contributed by atoms with van der Waals surface area (Å²) in [5.74, 6) is 1.29. The van der Waals surface area contributed by atoms with Crippen molar-refractivity contribution in [2.24, 2.45) is 11.3 Å². The number of fused-ring (bicyclic) bond motifs is 4. The van der Waals surface area contributed by atoms with E-state index in [1.165, 1.54) is 40.6 Å². The van der Waals surface area contributed by atoms with Crippen LogP contribution in [0.4, 0.5) is 8.78 Å². The number of hydrogen-bond acceptors (Lipinski definition) is 5. The van der Waals surface area contributed by atoms with Gasteiger partial charge in [0.2, 0.25) is 0 Å². The maximum atomic E-state index is 13.5. The number of ether oxygens (including phenoxy) is 2. The van der Waals surface area contributed by atoms with Crippen molar-refractivity contribution in [2.75, 3.05) is 12.4 Å². The Morgan fingerprint density at radius 2 is 2.00 bits per heavy atom. The number of hydrogen-bond donors (Lipinski definition) is 1. The van der Waals surface area contributed by atoms with Crippen molar-refractivity contribution in [2.45, 2.75) is 82.9 Å². The van der Waals surface area contributed by atoms with Gasteiger partial charge < -0.3 is 14.5 Å². The quantitative estimate of drug-likeness (QED) is 0.180. The molecule has 3 aromatic rings. The van der Waals surface area contributed by atoms with E-state index in [0.29, 0.717) is 27.9 Å². The fourth-order valence-corrected chi connectivity index (χ4v) is 7.47. The highest BCUT2D eigenvalue weighted by atomic mass is 32.2. The molecule has 1 N–H and O–H groups in total. The Morgan fingerprint density at radius 1 is 1.18 bits per heavy atom. The summed E-state index contributed by atoms with van der Waals surface area (Å²) in [6.45, 7) is 6.34. The summed E-state index contributed by atoms with van der Waals surface area (Å²) in [4.78, 5) is 21.1. The van der Waals surface area contributed by atoms with E-state index in [-0.39, 0.29) is 29.7 Å². The molecule has 3 atom stereocenters. The van der Waals surface area contributed by atoms with Gasteiger partial charge in [-0.3, -0.25) is 4.79 Å². The molecule has 0 aliphatic heterocycles. The first-order chi connectivity index (χ1) is 18.1. The Bertz CT molecular complexity index is 1330. The van der Waals surface area contributed by atoms with Gasteiger partial charge in [0.15, 0.2) is 5.16 Å². The molecule has 5 nitrogen and oxygen atoms in total. The second-order valence-corrected chi connectivity index (χ2v) is 12.5. The summed E-state index contributed by atoms with van der Waals surface area (Å²) < 4.78 is 35.3. The van der Waals surface area contributed by atoms with Crippen LogP contribution >= 0.6 is 11.8 Å². The summed E-state index contributed by atoms with van der Waals surface area (Å²) >= 11 is 1.44. The number of thioether (sulfide) groups is 1. The molecule has 1 fully saturated rings. The first kappa shape index (κ1) is 27.0. The number of nitrogens with one attached hydrogen (secondary N) is 1.